The van der Waals surface area contributed by atoms with Gasteiger partial charge in [0.2, 0.25) is 0 Å². The van der Waals surface area contributed by atoms with E-state index in [1.54, 1.807) is 6.08 Å². The van der Waals surface area contributed by atoms with Crippen molar-refractivity contribution in [1.29, 1.82) is 0 Å². The number of hydrogen-bond acceptors (Lipinski definition) is 1. The smallest absolute Gasteiger partial charge is 0.266 e. The second-order valence-corrected chi connectivity index (χ2v) is 4.17. The largest absolute Gasteiger partial charge is 0.402 e. The van der Waals surface area contributed by atoms with Crippen LogP contribution in [-0.4, -0.2) is 5.92 Å². The zero-order valence-corrected chi connectivity index (χ0v) is 8.69. The molecule has 0 saturated carbocycles. The SMILES string of the molecule is CC1CC/C(N)=C\C=C(\C(C)(F)F)C1. The lowest BCUT2D eigenvalue weighted by molar-refractivity contribution is 0.0570. The minimum absolute atomic E-state index is 0.188. The topological polar surface area (TPSA) is 26.0 Å². The Bertz CT molecular complexity index is 261. The first kappa shape index (κ1) is 11.2. The van der Waals surface area contributed by atoms with Crippen molar-refractivity contribution >= 4 is 0 Å². The molecular weight excluding hydrogens is 184 g/mol. The summed E-state index contributed by atoms with van der Waals surface area (Å²) >= 11 is 0. The maximum absolute atomic E-state index is 13.1. The fourth-order valence-corrected chi connectivity index (χ4v) is 1.58. The first-order chi connectivity index (χ1) is 6.39. The van der Waals surface area contributed by atoms with E-state index in [0.717, 1.165) is 19.8 Å². The van der Waals surface area contributed by atoms with E-state index in [1.165, 1.54) is 6.08 Å². The fourth-order valence-electron chi connectivity index (χ4n) is 1.58. The van der Waals surface area contributed by atoms with Gasteiger partial charge < -0.3 is 5.73 Å². The van der Waals surface area contributed by atoms with Crippen LogP contribution in [0.1, 0.15) is 33.1 Å². The Hall–Kier alpha value is -0.860. The molecule has 0 bridgehead atoms. The predicted molar refractivity (Wildman–Crippen MR) is 54.0 cm³/mol. The van der Waals surface area contributed by atoms with Crippen LogP contribution in [0.25, 0.3) is 0 Å². The lowest BCUT2D eigenvalue weighted by Gasteiger charge is -2.21. The lowest BCUT2D eigenvalue weighted by Crippen LogP contribution is -2.17. The minimum atomic E-state index is -2.72. The van der Waals surface area contributed by atoms with Crippen LogP contribution in [0, 0.1) is 5.92 Å². The molecule has 1 nitrogen and oxygen atoms in total. The molecule has 0 heterocycles. The monoisotopic (exact) mass is 201 g/mol. The highest BCUT2D eigenvalue weighted by Crippen LogP contribution is 2.31. The fraction of sp³-hybridized carbons (Fsp3) is 0.636. The van der Waals surface area contributed by atoms with Crippen LogP contribution in [0.4, 0.5) is 8.78 Å². The van der Waals surface area contributed by atoms with E-state index in [4.69, 9.17) is 5.73 Å². The van der Waals surface area contributed by atoms with E-state index >= 15 is 0 Å². The molecule has 1 aliphatic carbocycles. The van der Waals surface area contributed by atoms with E-state index in [2.05, 4.69) is 0 Å². The molecule has 0 radical (unpaired) electrons. The Kier molecular flexibility index (Phi) is 3.29. The van der Waals surface area contributed by atoms with Crippen molar-refractivity contribution in [1.82, 2.24) is 0 Å². The summed E-state index contributed by atoms with van der Waals surface area (Å²) in [7, 11) is 0. The van der Waals surface area contributed by atoms with Gasteiger partial charge in [0.25, 0.3) is 5.92 Å². The van der Waals surface area contributed by atoms with Crippen molar-refractivity contribution in [3.63, 3.8) is 0 Å². The first-order valence-electron chi connectivity index (χ1n) is 4.93. The van der Waals surface area contributed by atoms with Crippen LogP contribution in [-0.2, 0) is 0 Å². The quantitative estimate of drug-likeness (QED) is 0.692. The van der Waals surface area contributed by atoms with Gasteiger partial charge in [-0.1, -0.05) is 13.0 Å². The number of hydrogen-bond donors (Lipinski definition) is 1. The molecule has 3 heteroatoms. The summed E-state index contributed by atoms with van der Waals surface area (Å²) in [6, 6.07) is 0. The molecule has 80 valence electrons. The summed E-state index contributed by atoms with van der Waals surface area (Å²) in [6.07, 6.45) is 5.24. The molecule has 0 saturated heterocycles. The van der Waals surface area contributed by atoms with Gasteiger partial charge in [0, 0.05) is 12.6 Å². The number of allylic oxidation sites excluding steroid dienone is 4. The summed E-state index contributed by atoms with van der Waals surface area (Å²) < 4.78 is 26.2. The Morgan fingerprint density at radius 1 is 1.43 bits per heavy atom. The van der Waals surface area contributed by atoms with Crippen molar-refractivity contribution in [2.75, 3.05) is 0 Å². The minimum Gasteiger partial charge on any atom is -0.402 e. The van der Waals surface area contributed by atoms with E-state index in [0.29, 0.717) is 12.1 Å². The summed E-state index contributed by atoms with van der Waals surface area (Å²) in [5.41, 5.74) is 6.52. The van der Waals surface area contributed by atoms with E-state index in [-0.39, 0.29) is 11.5 Å². The van der Waals surface area contributed by atoms with E-state index in [1.807, 2.05) is 6.92 Å². The third-order valence-electron chi connectivity index (χ3n) is 2.56. The van der Waals surface area contributed by atoms with Crippen molar-refractivity contribution in [2.45, 2.75) is 39.0 Å². The second kappa shape index (κ2) is 4.11. The van der Waals surface area contributed by atoms with Crippen molar-refractivity contribution < 1.29 is 8.78 Å². The zero-order valence-electron chi connectivity index (χ0n) is 8.69. The van der Waals surface area contributed by atoms with Crippen LogP contribution >= 0.6 is 0 Å². The van der Waals surface area contributed by atoms with Gasteiger partial charge in [-0.05, 0) is 36.8 Å². The molecule has 1 unspecified atom stereocenters. The van der Waals surface area contributed by atoms with Gasteiger partial charge in [-0.25, -0.2) is 8.78 Å². The lowest BCUT2D eigenvalue weighted by atomic mass is 9.91. The third kappa shape index (κ3) is 3.13. The molecule has 0 amide bonds. The van der Waals surface area contributed by atoms with Gasteiger partial charge in [-0.15, -0.1) is 0 Å². The van der Waals surface area contributed by atoms with Crippen LogP contribution in [0.2, 0.25) is 0 Å². The molecular formula is C11H17F2N. The molecule has 0 aromatic heterocycles. The van der Waals surface area contributed by atoms with Crippen LogP contribution in [0.5, 0.6) is 0 Å². The summed E-state index contributed by atoms with van der Waals surface area (Å²) in [5, 5.41) is 0. The highest BCUT2D eigenvalue weighted by molar-refractivity contribution is 5.22. The van der Waals surface area contributed by atoms with Gasteiger partial charge in [0.15, 0.2) is 0 Å². The first-order valence-corrected chi connectivity index (χ1v) is 4.93. The van der Waals surface area contributed by atoms with Crippen molar-refractivity contribution in [2.24, 2.45) is 11.7 Å². The molecule has 0 aliphatic heterocycles. The molecule has 14 heavy (non-hydrogen) atoms. The van der Waals surface area contributed by atoms with Gasteiger partial charge in [0.1, 0.15) is 0 Å². The number of alkyl halides is 2. The Labute approximate surface area is 83.7 Å². The number of nitrogens with two attached hydrogens (primary N) is 1. The van der Waals surface area contributed by atoms with Gasteiger partial charge in [-0.3, -0.25) is 0 Å². The molecule has 1 aliphatic rings. The molecule has 1 atom stereocenters. The van der Waals surface area contributed by atoms with Crippen LogP contribution < -0.4 is 5.73 Å². The zero-order chi connectivity index (χ0) is 10.8. The van der Waals surface area contributed by atoms with Crippen molar-refractivity contribution in [3.8, 4) is 0 Å². The van der Waals surface area contributed by atoms with E-state index in [9.17, 15) is 8.78 Å². The highest BCUT2D eigenvalue weighted by atomic mass is 19.3. The molecule has 0 aromatic carbocycles. The van der Waals surface area contributed by atoms with Gasteiger partial charge in [0.05, 0.1) is 0 Å². The average molecular weight is 201 g/mol. The molecule has 0 spiro atoms. The highest BCUT2D eigenvalue weighted by Gasteiger charge is 2.28. The third-order valence-corrected chi connectivity index (χ3v) is 2.56. The second-order valence-electron chi connectivity index (χ2n) is 4.17. The standard InChI is InChI=1S/C11H17F2N/c1-8-3-5-10(14)6-4-9(7-8)11(2,12)13/h4,6,8H,3,5,7,14H2,1-2H3/b9-4+,10-6+. The number of halogens is 2. The predicted octanol–water partition coefficient (Wildman–Crippen LogP) is 3.23. The van der Waals surface area contributed by atoms with Crippen molar-refractivity contribution in [3.05, 3.63) is 23.4 Å². The maximum Gasteiger partial charge on any atom is 0.266 e. The Balaban J connectivity index is 2.89. The molecule has 0 aromatic rings. The van der Waals surface area contributed by atoms with Gasteiger partial charge in [-0.2, -0.15) is 0 Å². The average Bonchev–Trinajstić information content (AvgIpc) is 2.03. The Morgan fingerprint density at radius 2 is 2.07 bits per heavy atom. The molecule has 2 N–H and O–H groups in total. The van der Waals surface area contributed by atoms with E-state index < -0.39 is 5.92 Å². The van der Waals surface area contributed by atoms with Crippen LogP contribution in [0.3, 0.4) is 0 Å². The number of rotatable bonds is 1. The normalized spacial score (nSPS) is 32.1. The maximum atomic E-state index is 13.1. The summed E-state index contributed by atoms with van der Waals surface area (Å²) in [4.78, 5) is 0. The summed E-state index contributed by atoms with van der Waals surface area (Å²) in [5.74, 6) is -2.44. The summed E-state index contributed by atoms with van der Waals surface area (Å²) in [6.45, 7) is 2.93. The molecule has 0 fully saturated rings. The Morgan fingerprint density at radius 3 is 2.64 bits per heavy atom. The molecule has 1 rings (SSSR count). The van der Waals surface area contributed by atoms with Crippen LogP contribution in [0.15, 0.2) is 23.4 Å². The van der Waals surface area contributed by atoms with Gasteiger partial charge >= 0.3 is 0 Å².